The Labute approximate surface area is 98.2 Å². The summed E-state index contributed by atoms with van der Waals surface area (Å²) in [5.74, 6) is 0. The van der Waals surface area contributed by atoms with Gasteiger partial charge in [-0.25, -0.2) is 0 Å². The van der Waals surface area contributed by atoms with Gasteiger partial charge in [0.15, 0.2) is 0 Å². The molecule has 0 aromatic carbocycles. The zero-order valence-electron chi connectivity index (χ0n) is 6.80. The van der Waals surface area contributed by atoms with E-state index >= 15 is 0 Å². The highest BCUT2D eigenvalue weighted by molar-refractivity contribution is 6.44. The van der Waals surface area contributed by atoms with Gasteiger partial charge in [-0.1, -0.05) is 0 Å². The van der Waals surface area contributed by atoms with Crippen LogP contribution in [0.5, 0.6) is 0 Å². The highest BCUT2D eigenvalue weighted by atomic mass is 35.5. The molecule has 0 aliphatic heterocycles. The molecule has 0 saturated heterocycles. The molecule has 0 aliphatic carbocycles. The largest absolute Gasteiger partial charge is 0.473 e. The number of hydrogen-bond acceptors (Lipinski definition) is 1. The first-order valence-corrected chi connectivity index (χ1v) is 5.39. The molecule has 0 radical (unpaired) electrons. The third kappa shape index (κ3) is 12.4. The second-order valence-corrected chi connectivity index (χ2v) is 4.69. The molecule has 0 aliphatic rings. The van der Waals surface area contributed by atoms with Crippen molar-refractivity contribution in [1.82, 2.24) is 0 Å². The molecule has 0 fully saturated rings. The van der Waals surface area contributed by atoms with Crippen LogP contribution in [0.3, 0.4) is 0 Å². The van der Waals surface area contributed by atoms with Gasteiger partial charge in [0.25, 0.3) is 0 Å². The van der Waals surface area contributed by atoms with Crippen LogP contribution in [-0.4, -0.2) is 9.67 Å². The third-order valence-electron chi connectivity index (χ3n) is 0.978. The van der Waals surface area contributed by atoms with Gasteiger partial charge in [0.05, 0.1) is 12.5 Å². The van der Waals surface area contributed by atoms with Crippen LogP contribution in [0, 0.1) is 0 Å². The van der Waals surface area contributed by atoms with Crippen LogP contribution in [0.15, 0.2) is 24.7 Å². The second-order valence-electron chi connectivity index (χ2n) is 2.13. The quantitative estimate of drug-likeness (QED) is 0.509. The van der Waals surface area contributed by atoms with Crippen LogP contribution in [0.2, 0.25) is 0 Å². The topological polar surface area (TPSA) is 9.23 Å². The van der Waals surface area contributed by atoms with Crippen molar-refractivity contribution >= 4 is 46.4 Å². The van der Waals surface area contributed by atoms with E-state index in [4.69, 9.17) is 51.1 Å². The molecule has 0 saturated carbocycles. The molecular formula is C8H10Cl4O. The number of rotatable bonds is 6. The first-order valence-electron chi connectivity index (χ1n) is 3.64. The Hall–Kier alpha value is 0.440. The van der Waals surface area contributed by atoms with E-state index in [-0.39, 0.29) is 9.67 Å². The zero-order chi connectivity index (χ0) is 10.1. The van der Waals surface area contributed by atoms with Crippen molar-refractivity contribution < 1.29 is 4.74 Å². The van der Waals surface area contributed by atoms with Gasteiger partial charge in [0, 0.05) is 0 Å². The summed E-state index contributed by atoms with van der Waals surface area (Å²) in [5, 5.41) is 0. The number of allylic oxidation sites excluding steroid dienone is 2. The summed E-state index contributed by atoms with van der Waals surface area (Å²) in [6.45, 7) is 0. The Morgan fingerprint density at radius 1 is 0.846 bits per heavy atom. The lowest BCUT2D eigenvalue weighted by molar-refractivity contribution is 0.399. The number of hydrogen-bond donors (Lipinski definition) is 0. The van der Waals surface area contributed by atoms with Crippen molar-refractivity contribution in [3.05, 3.63) is 24.7 Å². The SMILES string of the molecule is ClC(Cl)CC=COC=CCC(Cl)Cl. The van der Waals surface area contributed by atoms with E-state index in [0.29, 0.717) is 12.8 Å². The average molecular weight is 264 g/mol. The molecule has 5 heteroatoms. The molecule has 76 valence electrons. The number of alkyl halides is 4. The second kappa shape index (κ2) is 9.01. The number of halogens is 4. The van der Waals surface area contributed by atoms with Gasteiger partial charge in [-0.2, -0.15) is 0 Å². The Morgan fingerprint density at radius 2 is 1.23 bits per heavy atom. The molecule has 0 rings (SSSR count). The smallest absolute Gasteiger partial charge is 0.111 e. The minimum atomic E-state index is -0.390. The van der Waals surface area contributed by atoms with Crippen molar-refractivity contribution in [3.8, 4) is 0 Å². The fourth-order valence-corrected chi connectivity index (χ4v) is 0.885. The Balaban J connectivity index is 3.33. The van der Waals surface area contributed by atoms with E-state index in [1.54, 1.807) is 12.2 Å². The Kier molecular flexibility index (Phi) is 9.32. The summed E-state index contributed by atoms with van der Waals surface area (Å²) in [7, 11) is 0. The summed E-state index contributed by atoms with van der Waals surface area (Å²) < 4.78 is 4.94. The zero-order valence-corrected chi connectivity index (χ0v) is 9.82. The summed E-state index contributed by atoms with van der Waals surface area (Å²) in [6, 6.07) is 0. The predicted molar refractivity (Wildman–Crippen MR) is 59.6 cm³/mol. The van der Waals surface area contributed by atoms with Gasteiger partial charge < -0.3 is 4.74 Å². The van der Waals surface area contributed by atoms with Gasteiger partial charge in [0.1, 0.15) is 9.67 Å². The van der Waals surface area contributed by atoms with E-state index in [9.17, 15) is 0 Å². The average Bonchev–Trinajstić information content (AvgIpc) is 2.01. The molecular weight excluding hydrogens is 254 g/mol. The molecule has 0 bridgehead atoms. The predicted octanol–water partition coefficient (Wildman–Crippen LogP) is 4.42. The van der Waals surface area contributed by atoms with Crippen LogP contribution in [0.1, 0.15) is 12.8 Å². The number of ether oxygens (including phenoxy) is 1. The van der Waals surface area contributed by atoms with Crippen molar-refractivity contribution in [2.24, 2.45) is 0 Å². The highest BCUT2D eigenvalue weighted by Crippen LogP contribution is 2.08. The van der Waals surface area contributed by atoms with E-state index in [0.717, 1.165) is 0 Å². The van der Waals surface area contributed by atoms with Crippen LogP contribution in [0.25, 0.3) is 0 Å². The van der Waals surface area contributed by atoms with E-state index in [1.165, 1.54) is 12.5 Å². The fourth-order valence-electron chi connectivity index (χ4n) is 0.473. The van der Waals surface area contributed by atoms with Gasteiger partial charge in [-0.15, -0.1) is 46.4 Å². The molecule has 0 aromatic rings. The monoisotopic (exact) mass is 262 g/mol. The van der Waals surface area contributed by atoms with Gasteiger partial charge in [-0.05, 0) is 25.0 Å². The van der Waals surface area contributed by atoms with E-state index in [1.807, 2.05) is 0 Å². The normalized spacial score (nSPS) is 12.5. The third-order valence-corrected chi connectivity index (χ3v) is 1.69. The van der Waals surface area contributed by atoms with Crippen molar-refractivity contribution in [3.63, 3.8) is 0 Å². The summed E-state index contributed by atoms with van der Waals surface area (Å²) in [4.78, 5) is -0.780. The summed E-state index contributed by atoms with van der Waals surface area (Å²) in [6.07, 6.45) is 7.59. The highest BCUT2D eigenvalue weighted by Gasteiger charge is 1.92. The molecule has 0 N–H and O–H groups in total. The van der Waals surface area contributed by atoms with Crippen molar-refractivity contribution in [2.45, 2.75) is 22.5 Å². The van der Waals surface area contributed by atoms with Crippen LogP contribution < -0.4 is 0 Å². The molecule has 0 aromatic heterocycles. The summed E-state index contributed by atoms with van der Waals surface area (Å²) in [5.41, 5.74) is 0. The van der Waals surface area contributed by atoms with Gasteiger partial charge in [-0.3, -0.25) is 0 Å². The van der Waals surface area contributed by atoms with E-state index < -0.39 is 0 Å². The van der Waals surface area contributed by atoms with Crippen molar-refractivity contribution in [1.29, 1.82) is 0 Å². The molecule has 0 atom stereocenters. The fraction of sp³-hybridized carbons (Fsp3) is 0.500. The van der Waals surface area contributed by atoms with Gasteiger partial charge >= 0.3 is 0 Å². The lowest BCUT2D eigenvalue weighted by Crippen LogP contribution is -1.82. The first kappa shape index (κ1) is 13.4. The van der Waals surface area contributed by atoms with Crippen molar-refractivity contribution in [2.75, 3.05) is 0 Å². The lowest BCUT2D eigenvalue weighted by atomic mass is 10.5. The van der Waals surface area contributed by atoms with Crippen LogP contribution in [0.4, 0.5) is 0 Å². The maximum absolute atomic E-state index is 5.47. The molecule has 1 nitrogen and oxygen atoms in total. The molecule has 13 heavy (non-hydrogen) atoms. The maximum atomic E-state index is 5.47. The van der Waals surface area contributed by atoms with Gasteiger partial charge in [0.2, 0.25) is 0 Å². The lowest BCUT2D eigenvalue weighted by Gasteiger charge is -1.94. The van der Waals surface area contributed by atoms with Crippen LogP contribution in [-0.2, 0) is 4.74 Å². The van der Waals surface area contributed by atoms with E-state index in [2.05, 4.69) is 0 Å². The van der Waals surface area contributed by atoms with Crippen LogP contribution >= 0.6 is 46.4 Å². The minimum Gasteiger partial charge on any atom is -0.473 e. The Bertz CT molecular complexity index is 148. The first-order chi connectivity index (χ1) is 6.13. The molecule has 0 spiro atoms. The molecule has 0 heterocycles. The minimum absolute atomic E-state index is 0.390. The maximum Gasteiger partial charge on any atom is 0.111 e. The molecule has 0 amide bonds. The summed E-state index contributed by atoms with van der Waals surface area (Å²) >= 11 is 21.9. The Morgan fingerprint density at radius 3 is 1.54 bits per heavy atom. The standard InChI is InChI=1S/C8H10Cl4O/c9-7(10)3-1-5-13-6-2-4-8(11)12/h1-2,5-8H,3-4H2. The molecule has 0 unspecified atom stereocenters.